The van der Waals surface area contributed by atoms with Crippen LogP contribution in [0.2, 0.25) is 0 Å². The number of benzene rings is 3. The van der Waals surface area contributed by atoms with E-state index in [4.69, 9.17) is 5.10 Å². The van der Waals surface area contributed by atoms with Crippen LogP contribution in [-0.4, -0.2) is 15.6 Å². The second-order valence-corrected chi connectivity index (χ2v) is 6.10. The standard InChI is InChI=1S/C23H18N2O/c26-23(19-12-6-2-7-13-19)17-21-16-22(18-10-4-1-5-11-18)24-25(21)20-14-8-3-9-15-20/h1-16H,17H2. The van der Waals surface area contributed by atoms with Crippen LogP contribution in [0.5, 0.6) is 0 Å². The SMILES string of the molecule is O=C(Cc1cc(-c2ccccc2)nn1-c1ccccc1)c1ccccc1. The van der Waals surface area contributed by atoms with Gasteiger partial charge in [-0.2, -0.15) is 5.10 Å². The van der Waals surface area contributed by atoms with Gasteiger partial charge in [0.1, 0.15) is 0 Å². The van der Waals surface area contributed by atoms with Gasteiger partial charge >= 0.3 is 0 Å². The molecule has 3 heteroatoms. The van der Waals surface area contributed by atoms with E-state index in [2.05, 4.69) is 0 Å². The molecule has 0 unspecified atom stereocenters. The van der Waals surface area contributed by atoms with Gasteiger partial charge < -0.3 is 0 Å². The highest BCUT2D eigenvalue weighted by atomic mass is 16.1. The molecule has 0 aliphatic heterocycles. The molecule has 26 heavy (non-hydrogen) atoms. The van der Waals surface area contributed by atoms with Crippen LogP contribution in [0.4, 0.5) is 0 Å². The molecule has 0 saturated carbocycles. The molecule has 0 aliphatic carbocycles. The number of hydrogen-bond acceptors (Lipinski definition) is 2. The van der Waals surface area contributed by atoms with Crippen molar-refractivity contribution in [1.82, 2.24) is 9.78 Å². The minimum atomic E-state index is 0.0855. The summed E-state index contributed by atoms with van der Waals surface area (Å²) in [7, 11) is 0. The molecule has 0 aliphatic rings. The molecule has 0 N–H and O–H groups in total. The smallest absolute Gasteiger partial charge is 0.168 e. The first-order valence-corrected chi connectivity index (χ1v) is 8.59. The number of rotatable bonds is 5. The van der Waals surface area contributed by atoms with Crippen molar-refractivity contribution in [3.63, 3.8) is 0 Å². The maximum Gasteiger partial charge on any atom is 0.168 e. The van der Waals surface area contributed by atoms with Crippen LogP contribution in [0.3, 0.4) is 0 Å². The molecule has 3 aromatic carbocycles. The van der Waals surface area contributed by atoms with Crippen LogP contribution in [0.25, 0.3) is 16.9 Å². The molecular weight excluding hydrogens is 320 g/mol. The topological polar surface area (TPSA) is 34.9 Å². The fourth-order valence-electron chi connectivity index (χ4n) is 2.98. The first-order valence-electron chi connectivity index (χ1n) is 8.59. The average molecular weight is 338 g/mol. The van der Waals surface area contributed by atoms with E-state index in [9.17, 15) is 4.79 Å². The average Bonchev–Trinajstić information content (AvgIpc) is 3.14. The second-order valence-electron chi connectivity index (χ2n) is 6.10. The van der Waals surface area contributed by atoms with Gasteiger partial charge in [-0.3, -0.25) is 4.79 Å². The van der Waals surface area contributed by atoms with Gasteiger partial charge in [-0.15, -0.1) is 0 Å². The zero-order valence-corrected chi connectivity index (χ0v) is 14.2. The number of carbonyl (C=O) groups is 1. The molecule has 0 spiro atoms. The molecule has 3 nitrogen and oxygen atoms in total. The summed E-state index contributed by atoms with van der Waals surface area (Å²) in [6.07, 6.45) is 0.304. The Kier molecular flexibility index (Phi) is 4.44. The van der Waals surface area contributed by atoms with Gasteiger partial charge in [0, 0.05) is 11.1 Å². The summed E-state index contributed by atoms with van der Waals surface area (Å²) < 4.78 is 1.86. The quantitative estimate of drug-likeness (QED) is 0.482. The highest BCUT2D eigenvalue weighted by molar-refractivity contribution is 5.97. The molecule has 0 bridgehead atoms. The van der Waals surface area contributed by atoms with Crippen molar-refractivity contribution in [1.29, 1.82) is 0 Å². The Morgan fingerprint density at radius 2 is 1.35 bits per heavy atom. The fourth-order valence-corrected chi connectivity index (χ4v) is 2.98. The van der Waals surface area contributed by atoms with E-state index in [1.165, 1.54) is 0 Å². The Morgan fingerprint density at radius 1 is 0.769 bits per heavy atom. The van der Waals surface area contributed by atoms with Crippen molar-refractivity contribution in [2.45, 2.75) is 6.42 Å². The van der Waals surface area contributed by atoms with Crippen molar-refractivity contribution >= 4 is 5.78 Å². The summed E-state index contributed by atoms with van der Waals surface area (Å²) in [5.74, 6) is 0.0855. The maximum absolute atomic E-state index is 12.7. The van der Waals surface area contributed by atoms with Crippen LogP contribution in [0.15, 0.2) is 97.1 Å². The van der Waals surface area contributed by atoms with Gasteiger partial charge in [0.15, 0.2) is 5.78 Å². The van der Waals surface area contributed by atoms with Crippen LogP contribution in [-0.2, 0) is 6.42 Å². The highest BCUT2D eigenvalue weighted by Gasteiger charge is 2.15. The molecule has 1 aromatic heterocycles. The molecule has 1 heterocycles. The van der Waals surface area contributed by atoms with E-state index < -0.39 is 0 Å². The lowest BCUT2D eigenvalue weighted by Gasteiger charge is -2.07. The number of aromatic nitrogens is 2. The van der Waals surface area contributed by atoms with Gasteiger partial charge in [0.05, 0.1) is 23.5 Å². The van der Waals surface area contributed by atoms with Crippen LogP contribution in [0.1, 0.15) is 16.1 Å². The number of ketones is 1. The van der Waals surface area contributed by atoms with E-state index in [-0.39, 0.29) is 5.78 Å². The summed E-state index contributed by atoms with van der Waals surface area (Å²) in [4.78, 5) is 12.7. The lowest BCUT2D eigenvalue weighted by atomic mass is 10.1. The van der Waals surface area contributed by atoms with Crippen LogP contribution < -0.4 is 0 Å². The predicted molar refractivity (Wildman–Crippen MR) is 103 cm³/mol. The summed E-state index contributed by atoms with van der Waals surface area (Å²) in [5, 5.41) is 4.76. The molecule has 0 radical (unpaired) electrons. The Balaban J connectivity index is 1.75. The van der Waals surface area contributed by atoms with Crippen LogP contribution in [0, 0.1) is 0 Å². The molecule has 126 valence electrons. The van der Waals surface area contributed by atoms with Crippen molar-refractivity contribution in [2.24, 2.45) is 0 Å². The van der Waals surface area contributed by atoms with E-state index in [0.29, 0.717) is 6.42 Å². The third-order valence-electron chi connectivity index (χ3n) is 4.29. The summed E-state index contributed by atoms with van der Waals surface area (Å²) in [6.45, 7) is 0. The lowest BCUT2D eigenvalue weighted by molar-refractivity contribution is 0.0991. The summed E-state index contributed by atoms with van der Waals surface area (Å²) in [5.41, 5.74) is 4.45. The normalized spacial score (nSPS) is 10.6. The van der Waals surface area contributed by atoms with E-state index >= 15 is 0 Å². The zero-order chi connectivity index (χ0) is 17.8. The minimum Gasteiger partial charge on any atom is -0.294 e. The van der Waals surface area contributed by atoms with Gasteiger partial charge in [0.2, 0.25) is 0 Å². The highest BCUT2D eigenvalue weighted by Crippen LogP contribution is 2.22. The summed E-state index contributed by atoms with van der Waals surface area (Å²) in [6, 6.07) is 31.3. The Hall–Kier alpha value is -3.46. The van der Waals surface area contributed by atoms with Gasteiger partial charge in [-0.1, -0.05) is 78.9 Å². The van der Waals surface area contributed by atoms with E-state index in [0.717, 1.165) is 28.2 Å². The summed E-state index contributed by atoms with van der Waals surface area (Å²) >= 11 is 0. The second kappa shape index (κ2) is 7.19. The Bertz CT molecular complexity index is 1010. The number of hydrogen-bond donors (Lipinski definition) is 0. The zero-order valence-electron chi connectivity index (χ0n) is 14.2. The third-order valence-corrected chi connectivity index (χ3v) is 4.29. The Labute approximate surface area is 152 Å². The van der Waals surface area contributed by atoms with E-state index in [1.807, 2.05) is 102 Å². The van der Waals surface area contributed by atoms with Crippen molar-refractivity contribution < 1.29 is 4.79 Å². The largest absolute Gasteiger partial charge is 0.294 e. The number of Topliss-reactive ketones (excluding diaryl/α,β-unsaturated/α-hetero) is 1. The fraction of sp³-hybridized carbons (Fsp3) is 0.0435. The predicted octanol–water partition coefficient (Wildman–Crippen LogP) is 4.96. The minimum absolute atomic E-state index is 0.0855. The molecular formula is C23H18N2O. The molecule has 0 atom stereocenters. The van der Waals surface area contributed by atoms with Crippen molar-refractivity contribution in [3.05, 3.63) is 108 Å². The first kappa shape index (κ1) is 16.0. The molecule has 0 saturated heterocycles. The molecule has 4 rings (SSSR count). The van der Waals surface area contributed by atoms with E-state index in [1.54, 1.807) is 0 Å². The lowest BCUT2D eigenvalue weighted by Crippen LogP contribution is -2.09. The van der Waals surface area contributed by atoms with Gasteiger partial charge in [-0.05, 0) is 18.2 Å². The maximum atomic E-state index is 12.7. The van der Waals surface area contributed by atoms with Gasteiger partial charge in [0.25, 0.3) is 0 Å². The monoisotopic (exact) mass is 338 g/mol. The van der Waals surface area contributed by atoms with Crippen LogP contribution >= 0.6 is 0 Å². The molecule has 4 aromatic rings. The van der Waals surface area contributed by atoms with Crippen molar-refractivity contribution in [3.8, 4) is 16.9 Å². The van der Waals surface area contributed by atoms with Crippen molar-refractivity contribution in [2.75, 3.05) is 0 Å². The Morgan fingerprint density at radius 3 is 2.00 bits per heavy atom. The molecule has 0 fully saturated rings. The van der Waals surface area contributed by atoms with Gasteiger partial charge in [-0.25, -0.2) is 4.68 Å². The number of carbonyl (C=O) groups excluding carboxylic acids is 1. The number of nitrogens with zero attached hydrogens (tertiary/aromatic N) is 2. The molecule has 0 amide bonds. The third kappa shape index (κ3) is 3.33. The first-order chi connectivity index (χ1) is 12.8. The number of para-hydroxylation sites is 1.